The van der Waals surface area contributed by atoms with Crippen LogP contribution in [0.2, 0.25) is 0 Å². The second kappa shape index (κ2) is 6.74. The average Bonchev–Trinajstić information content (AvgIpc) is 3.00. The van der Waals surface area contributed by atoms with Crippen LogP contribution in [-0.2, 0) is 24.2 Å². The van der Waals surface area contributed by atoms with Crippen molar-refractivity contribution in [3.05, 3.63) is 23.1 Å². The molecule has 0 aliphatic carbocycles. The van der Waals surface area contributed by atoms with E-state index in [1.165, 1.54) is 16.5 Å². The maximum atomic E-state index is 6.08. The van der Waals surface area contributed by atoms with Crippen molar-refractivity contribution in [2.45, 2.75) is 65.6 Å². The van der Waals surface area contributed by atoms with Crippen molar-refractivity contribution in [3.63, 3.8) is 0 Å². The normalized spacial score (nSPS) is 16.2. The molecular weight excluding hydrogens is 344 g/mol. The van der Waals surface area contributed by atoms with Crippen molar-refractivity contribution in [1.82, 2.24) is 15.0 Å². The number of fused-ring (bicyclic) bond motifs is 5. The fraction of sp³-hybridized carbons (Fsp3) is 0.550. The van der Waals surface area contributed by atoms with Gasteiger partial charge in [0.2, 0.25) is 0 Å². The maximum Gasteiger partial charge on any atom is 0.147 e. The Hall–Kier alpha value is -1.79. The van der Waals surface area contributed by atoms with E-state index in [1.54, 1.807) is 17.7 Å². The van der Waals surface area contributed by atoms with Crippen molar-refractivity contribution in [2.24, 2.45) is 0 Å². The molecule has 0 amide bonds. The van der Waals surface area contributed by atoms with Crippen LogP contribution in [0.15, 0.2) is 6.33 Å². The van der Waals surface area contributed by atoms with E-state index in [4.69, 9.17) is 9.72 Å². The van der Waals surface area contributed by atoms with E-state index in [2.05, 4.69) is 43.0 Å². The predicted molar refractivity (Wildman–Crippen MR) is 108 cm³/mol. The Labute approximate surface area is 158 Å². The first-order valence-corrected chi connectivity index (χ1v) is 10.3. The van der Waals surface area contributed by atoms with Gasteiger partial charge in [0.15, 0.2) is 0 Å². The van der Waals surface area contributed by atoms with Crippen LogP contribution >= 0.6 is 11.3 Å². The van der Waals surface area contributed by atoms with Crippen molar-refractivity contribution in [1.29, 1.82) is 0 Å². The number of anilines is 1. The van der Waals surface area contributed by atoms with Crippen LogP contribution in [0.25, 0.3) is 20.4 Å². The summed E-state index contributed by atoms with van der Waals surface area (Å²) in [5, 5.41) is 4.68. The summed E-state index contributed by atoms with van der Waals surface area (Å²) in [5.74, 6) is 0.935. The standard InChI is InChI=1S/C20H26N4OS/c1-5-7-8-21-18-17-16(22-11-23-18)15-12-9-20(3,4)25-10-13(12)14(6-2)24-19(15)26-17/h11H,5-10H2,1-4H3,(H,21,22,23). The first-order valence-electron chi connectivity index (χ1n) is 9.49. The summed E-state index contributed by atoms with van der Waals surface area (Å²) in [4.78, 5) is 15.2. The van der Waals surface area contributed by atoms with Gasteiger partial charge in [-0.1, -0.05) is 20.3 Å². The summed E-state index contributed by atoms with van der Waals surface area (Å²) in [5.41, 5.74) is 4.66. The molecule has 1 aliphatic rings. The molecule has 4 heterocycles. The Balaban J connectivity index is 1.94. The SMILES string of the molecule is CCCCNc1ncnc2c1sc1nc(CC)c3c(c12)CC(C)(C)OC3. The van der Waals surface area contributed by atoms with Gasteiger partial charge in [0.05, 0.1) is 22.4 Å². The van der Waals surface area contributed by atoms with Gasteiger partial charge in [-0.25, -0.2) is 15.0 Å². The summed E-state index contributed by atoms with van der Waals surface area (Å²) < 4.78 is 7.20. The molecule has 5 nitrogen and oxygen atoms in total. The van der Waals surface area contributed by atoms with Gasteiger partial charge in [0.25, 0.3) is 0 Å². The van der Waals surface area contributed by atoms with Crippen molar-refractivity contribution < 1.29 is 4.74 Å². The van der Waals surface area contributed by atoms with E-state index in [1.807, 2.05) is 0 Å². The highest BCUT2D eigenvalue weighted by molar-refractivity contribution is 7.26. The van der Waals surface area contributed by atoms with Gasteiger partial charge in [0, 0.05) is 29.6 Å². The van der Waals surface area contributed by atoms with Crippen LogP contribution < -0.4 is 5.32 Å². The van der Waals surface area contributed by atoms with E-state index >= 15 is 0 Å². The molecule has 6 heteroatoms. The largest absolute Gasteiger partial charge is 0.370 e. The van der Waals surface area contributed by atoms with Crippen LogP contribution in [0, 0.1) is 0 Å². The smallest absolute Gasteiger partial charge is 0.147 e. The fourth-order valence-electron chi connectivity index (χ4n) is 3.68. The Morgan fingerprint density at radius 3 is 2.85 bits per heavy atom. The van der Waals surface area contributed by atoms with Crippen molar-refractivity contribution in [2.75, 3.05) is 11.9 Å². The zero-order chi connectivity index (χ0) is 18.3. The highest BCUT2D eigenvalue weighted by Crippen LogP contribution is 2.42. The third kappa shape index (κ3) is 2.95. The highest BCUT2D eigenvalue weighted by atomic mass is 32.1. The Bertz CT molecular complexity index is 963. The number of nitrogens with zero attached hydrogens (tertiary/aromatic N) is 3. The van der Waals surface area contributed by atoms with E-state index in [0.717, 1.165) is 58.8 Å². The van der Waals surface area contributed by atoms with Crippen LogP contribution in [0.3, 0.4) is 0 Å². The molecule has 0 saturated heterocycles. The Morgan fingerprint density at radius 2 is 2.08 bits per heavy atom. The quantitative estimate of drug-likeness (QED) is 0.650. The van der Waals surface area contributed by atoms with Crippen molar-refractivity contribution in [3.8, 4) is 0 Å². The molecule has 26 heavy (non-hydrogen) atoms. The third-order valence-corrected chi connectivity index (χ3v) is 6.15. The van der Waals surface area contributed by atoms with Gasteiger partial charge in [0.1, 0.15) is 17.0 Å². The Morgan fingerprint density at radius 1 is 1.23 bits per heavy atom. The summed E-state index contributed by atoms with van der Waals surface area (Å²) in [6.07, 6.45) is 5.78. The van der Waals surface area contributed by atoms with E-state index in [0.29, 0.717) is 6.61 Å². The van der Waals surface area contributed by atoms with Crippen LogP contribution in [0.5, 0.6) is 0 Å². The number of ether oxygens (including phenoxy) is 1. The molecule has 0 saturated carbocycles. The molecule has 0 spiro atoms. The zero-order valence-corrected chi connectivity index (χ0v) is 16.8. The number of hydrogen-bond donors (Lipinski definition) is 1. The second-order valence-corrected chi connectivity index (χ2v) is 8.56. The average molecular weight is 371 g/mol. The third-order valence-electron chi connectivity index (χ3n) is 5.07. The monoisotopic (exact) mass is 370 g/mol. The molecule has 0 fully saturated rings. The molecule has 0 bridgehead atoms. The lowest BCUT2D eigenvalue weighted by Gasteiger charge is -2.33. The minimum absolute atomic E-state index is 0.157. The summed E-state index contributed by atoms with van der Waals surface area (Å²) >= 11 is 1.71. The molecule has 0 unspecified atom stereocenters. The lowest BCUT2D eigenvalue weighted by atomic mass is 9.89. The molecule has 3 aromatic heterocycles. The maximum absolute atomic E-state index is 6.08. The number of rotatable bonds is 5. The summed E-state index contributed by atoms with van der Waals surface area (Å²) in [7, 11) is 0. The first kappa shape index (κ1) is 17.6. The van der Waals surface area contributed by atoms with E-state index in [-0.39, 0.29) is 5.60 Å². The molecule has 0 aromatic carbocycles. The van der Waals surface area contributed by atoms with Gasteiger partial charge < -0.3 is 10.1 Å². The Kier molecular flexibility index (Phi) is 4.57. The molecule has 0 radical (unpaired) electrons. The highest BCUT2D eigenvalue weighted by Gasteiger charge is 2.31. The summed E-state index contributed by atoms with van der Waals surface area (Å²) in [6.45, 7) is 10.3. The van der Waals surface area contributed by atoms with E-state index < -0.39 is 0 Å². The number of thiophene rings is 1. The predicted octanol–water partition coefficient (Wildman–Crippen LogP) is 4.87. The zero-order valence-electron chi connectivity index (χ0n) is 16.0. The fourth-order valence-corrected chi connectivity index (χ4v) is 4.82. The summed E-state index contributed by atoms with van der Waals surface area (Å²) in [6, 6.07) is 0. The van der Waals surface area contributed by atoms with Gasteiger partial charge >= 0.3 is 0 Å². The van der Waals surface area contributed by atoms with Gasteiger partial charge in [-0.2, -0.15) is 0 Å². The van der Waals surface area contributed by atoms with Crippen LogP contribution in [-0.4, -0.2) is 27.1 Å². The molecule has 0 atom stereocenters. The lowest BCUT2D eigenvalue weighted by molar-refractivity contribution is -0.0401. The molecule has 4 rings (SSSR count). The molecule has 3 aromatic rings. The minimum Gasteiger partial charge on any atom is -0.370 e. The minimum atomic E-state index is -0.157. The number of aryl methyl sites for hydroxylation is 1. The topological polar surface area (TPSA) is 59.9 Å². The number of unbranched alkanes of at least 4 members (excludes halogenated alkanes) is 1. The lowest BCUT2D eigenvalue weighted by Crippen LogP contribution is -2.32. The van der Waals surface area contributed by atoms with Gasteiger partial charge in [-0.15, -0.1) is 11.3 Å². The molecular formula is C20H26N4OS. The van der Waals surface area contributed by atoms with E-state index in [9.17, 15) is 0 Å². The number of nitrogens with one attached hydrogen (secondary N) is 1. The van der Waals surface area contributed by atoms with Crippen LogP contribution in [0.1, 0.15) is 57.4 Å². The van der Waals surface area contributed by atoms with Crippen LogP contribution in [0.4, 0.5) is 5.82 Å². The molecule has 138 valence electrons. The van der Waals surface area contributed by atoms with Gasteiger partial charge in [-0.3, -0.25) is 0 Å². The van der Waals surface area contributed by atoms with Gasteiger partial charge in [-0.05, 0) is 32.3 Å². The number of hydrogen-bond acceptors (Lipinski definition) is 6. The number of aromatic nitrogens is 3. The van der Waals surface area contributed by atoms with Crippen molar-refractivity contribution >= 4 is 37.6 Å². The first-order chi connectivity index (χ1) is 12.5. The second-order valence-electron chi connectivity index (χ2n) is 7.56. The molecule has 1 N–H and O–H groups in total. The molecule has 1 aliphatic heterocycles. The number of pyridine rings is 1.